The number of pyridine rings is 1. The SMILES string of the molecule is Cc1ccc(C(=O)NCC(=O)N2CCCN(c3ccc(C(F)(F)F)cn3)CC2)s1. The molecular formula is C19H21F3N4O2S. The van der Waals surface area contributed by atoms with Crippen molar-refractivity contribution in [2.75, 3.05) is 37.6 Å². The molecule has 0 saturated carbocycles. The molecule has 1 saturated heterocycles. The number of thiophene rings is 1. The largest absolute Gasteiger partial charge is 0.417 e. The molecule has 10 heteroatoms. The molecule has 0 unspecified atom stereocenters. The van der Waals surface area contributed by atoms with Crippen LogP contribution in [0.5, 0.6) is 0 Å². The van der Waals surface area contributed by atoms with Gasteiger partial charge in [0.1, 0.15) is 5.82 Å². The van der Waals surface area contributed by atoms with Crippen molar-refractivity contribution in [3.63, 3.8) is 0 Å². The van der Waals surface area contributed by atoms with E-state index in [-0.39, 0.29) is 18.4 Å². The third-order valence-corrected chi connectivity index (χ3v) is 5.61. The quantitative estimate of drug-likeness (QED) is 0.817. The van der Waals surface area contributed by atoms with Crippen LogP contribution in [0.2, 0.25) is 0 Å². The van der Waals surface area contributed by atoms with Gasteiger partial charge >= 0.3 is 6.18 Å². The molecule has 3 rings (SSSR count). The Bertz CT molecular complexity index is 867. The number of alkyl halides is 3. The predicted octanol–water partition coefficient (Wildman–Crippen LogP) is 2.94. The van der Waals surface area contributed by atoms with Crippen LogP contribution in [-0.4, -0.2) is 54.4 Å². The van der Waals surface area contributed by atoms with Crippen LogP contribution in [0.3, 0.4) is 0 Å². The number of anilines is 1. The van der Waals surface area contributed by atoms with Crippen LogP contribution in [0.25, 0.3) is 0 Å². The highest BCUT2D eigenvalue weighted by molar-refractivity contribution is 7.13. The van der Waals surface area contributed by atoms with E-state index in [9.17, 15) is 22.8 Å². The molecule has 2 aromatic heterocycles. The average Bonchev–Trinajstić information content (AvgIpc) is 2.97. The Labute approximate surface area is 170 Å². The monoisotopic (exact) mass is 426 g/mol. The molecule has 0 aromatic carbocycles. The summed E-state index contributed by atoms with van der Waals surface area (Å²) in [4.78, 5) is 33.5. The Hall–Kier alpha value is -2.62. The van der Waals surface area contributed by atoms with E-state index in [1.165, 1.54) is 17.4 Å². The van der Waals surface area contributed by atoms with Gasteiger partial charge in [-0.25, -0.2) is 4.98 Å². The lowest BCUT2D eigenvalue weighted by molar-refractivity contribution is -0.137. The van der Waals surface area contributed by atoms with E-state index in [1.807, 2.05) is 17.9 Å². The van der Waals surface area contributed by atoms with E-state index in [4.69, 9.17) is 0 Å². The van der Waals surface area contributed by atoms with Crippen molar-refractivity contribution in [1.29, 1.82) is 0 Å². The van der Waals surface area contributed by atoms with Gasteiger partial charge in [0, 0.05) is 37.3 Å². The molecule has 0 radical (unpaired) electrons. The van der Waals surface area contributed by atoms with Crippen molar-refractivity contribution in [3.05, 3.63) is 45.8 Å². The Morgan fingerprint density at radius 3 is 2.55 bits per heavy atom. The summed E-state index contributed by atoms with van der Waals surface area (Å²) < 4.78 is 38.0. The summed E-state index contributed by atoms with van der Waals surface area (Å²) in [5.41, 5.74) is -0.787. The molecule has 0 aliphatic carbocycles. The second-order valence-corrected chi connectivity index (χ2v) is 8.01. The second kappa shape index (κ2) is 8.81. The Kier molecular flexibility index (Phi) is 6.41. The molecule has 1 aliphatic heterocycles. The lowest BCUT2D eigenvalue weighted by Gasteiger charge is -2.23. The Balaban J connectivity index is 1.52. The van der Waals surface area contributed by atoms with Crippen LogP contribution < -0.4 is 10.2 Å². The van der Waals surface area contributed by atoms with Crippen molar-refractivity contribution < 1.29 is 22.8 Å². The molecule has 0 bridgehead atoms. The molecule has 0 atom stereocenters. The van der Waals surface area contributed by atoms with Crippen molar-refractivity contribution in [1.82, 2.24) is 15.2 Å². The third kappa shape index (κ3) is 5.47. The number of aryl methyl sites for hydroxylation is 1. The summed E-state index contributed by atoms with van der Waals surface area (Å²) >= 11 is 1.37. The zero-order valence-corrected chi connectivity index (χ0v) is 16.6. The van der Waals surface area contributed by atoms with E-state index in [0.717, 1.165) is 17.1 Å². The minimum Gasteiger partial charge on any atom is -0.355 e. The molecule has 2 amide bonds. The van der Waals surface area contributed by atoms with E-state index >= 15 is 0 Å². The van der Waals surface area contributed by atoms with Gasteiger partial charge in [-0.1, -0.05) is 0 Å². The van der Waals surface area contributed by atoms with Crippen LogP contribution in [0.15, 0.2) is 30.5 Å². The number of amides is 2. The fraction of sp³-hybridized carbons (Fsp3) is 0.421. The van der Waals surface area contributed by atoms with Gasteiger partial charge in [-0.05, 0) is 37.6 Å². The Morgan fingerprint density at radius 1 is 1.14 bits per heavy atom. The minimum atomic E-state index is -4.42. The molecule has 29 heavy (non-hydrogen) atoms. The van der Waals surface area contributed by atoms with Crippen LogP contribution in [-0.2, 0) is 11.0 Å². The van der Waals surface area contributed by atoms with Gasteiger partial charge in [-0.2, -0.15) is 13.2 Å². The van der Waals surface area contributed by atoms with Gasteiger partial charge in [0.2, 0.25) is 5.91 Å². The topological polar surface area (TPSA) is 65.5 Å². The highest BCUT2D eigenvalue weighted by Gasteiger charge is 2.31. The summed E-state index contributed by atoms with van der Waals surface area (Å²) in [5, 5.41) is 2.64. The summed E-state index contributed by atoms with van der Waals surface area (Å²) in [5.74, 6) is -0.00984. The van der Waals surface area contributed by atoms with Crippen LogP contribution in [0, 0.1) is 6.92 Å². The fourth-order valence-electron chi connectivity index (χ4n) is 3.05. The van der Waals surface area contributed by atoms with Crippen molar-refractivity contribution in [2.45, 2.75) is 19.5 Å². The number of rotatable bonds is 4. The summed E-state index contributed by atoms with van der Waals surface area (Å²) in [6.45, 7) is 3.79. The van der Waals surface area contributed by atoms with Crippen molar-refractivity contribution in [2.24, 2.45) is 0 Å². The smallest absolute Gasteiger partial charge is 0.355 e. The summed E-state index contributed by atoms with van der Waals surface area (Å²) in [6.07, 6.45) is -2.93. The second-order valence-electron chi connectivity index (χ2n) is 6.72. The lowest BCUT2D eigenvalue weighted by atomic mass is 10.2. The maximum atomic E-state index is 12.7. The standard InChI is InChI=1S/C19H21F3N4O2S/c1-13-3-5-15(29-13)18(28)24-12-17(27)26-8-2-7-25(9-10-26)16-6-4-14(11-23-16)19(20,21)22/h3-6,11H,2,7-10,12H2,1H3,(H,24,28). The van der Waals surface area contributed by atoms with Gasteiger partial charge in [0.25, 0.3) is 5.91 Å². The van der Waals surface area contributed by atoms with Gasteiger partial charge in [0.15, 0.2) is 0 Å². The molecule has 3 heterocycles. The number of nitrogens with one attached hydrogen (secondary N) is 1. The molecule has 1 N–H and O–H groups in total. The first-order valence-corrected chi connectivity index (χ1v) is 9.96. The number of hydrogen-bond acceptors (Lipinski definition) is 5. The van der Waals surface area contributed by atoms with Crippen LogP contribution >= 0.6 is 11.3 Å². The predicted molar refractivity (Wildman–Crippen MR) is 104 cm³/mol. The number of halogens is 3. The number of carbonyl (C=O) groups is 2. The van der Waals surface area contributed by atoms with Crippen LogP contribution in [0.4, 0.5) is 19.0 Å². The molecule has 6 nitrogen and oxygen atoms in total. The van der Waals surface area contributed by atoms with Crippen molar-refractivity contribution >= 4 is 29.0 Å². The van der Waals surface area contributed by atoms with E-state index in [0.29, 0.717) is 43.3 Å². The van der Waals surface area contributed by atoms with Gasteiger partial charge in [-0.3, -0.25) is 9.59 Å². The van der Waals surface area contributed by atoms with Gasteiger partial charge < -0.3 is 15.1 Å². The zero-order valence-electron chi connectivity index (χ0n) is 15.8. The molecule has 0 spiro atoms. The van der Waals surface area contributed by atoms with E-state index < -0.39 is 11.7 Å². The zero-order chi connectivity index (χ0) is 21.0. The number of hydrogen-bond donors (Lipinski definition) is 1. The van der Waals surface area contributed by atoms with Crippen molar-refractivity contribution in [3.8, 4) is 0 Å². The fourth-order valence-corrected chi connectivity index (χ4v) is 3.83. The lowest BCUT2D eigenvalue weighted by Crippen LogP contribution is -2.42. The first kappa shape index (κ1) is 21.1. The number of nitrogens with zero attached hydrogens (tertiary/aromatic N) is 3. The highest BCUT2D eigenvalue weighted by Crippen LogP contribution is 2.29. The Morgan fingerprint density at radius 2 is 1.93 bits per heavy atom. The maximum Gasteiger partial charge on any atom is 0.417 e. The average molecular weight is 426 g/mol. The molecule has 2 aromatic rings. The van der Waals surface area contributed by atoms with Gasteiger partial charge in [0.05, 0.1) is 17.0 Å². The first-order valence-electron chi connectivity index (χ1n) is 9.14. The molecule has 156 valence electrons. The van der Waals surface area contributed by atoms with Gasteiger partial charge in [-0.15, -0.1) is 11.3 Å². The number of carbonyl (C=O) groups excluding carboxylic acids is 2. The third-order valence-electron chi connectivity index (χ3n) is 4.61. The highest BCUT2D eigenvalue weighted by atomic mass is 32.1. The number of aromatic nitrogens is 1. The first-order chi connectivity index (χ1) is 13.7. The van der Waals surface area contributed by atoms with Crippen LogP contribution in [0.1, 0.15) is 26.5 Å². The molecular weight excluding hydrogens is 405 g/mol. The maximum absolute atomic E-state index is 12.7. The summed E-state index contributed by atoms with van der Waals surface area (Å²) in [7, 11) is 0. The summed E-state index contributed by atoms with van der Waals surface area (Å²) in [6, 6.07) is 5.93. The normalized spacial score (nSPS) is 15.2. The van der Waals surface area contributed by atoms with E-state index in [2.05, 4.69) is 10.3 Å². The molecule has 1 aliphatic rings. The minimum absolute atomic E-state index is 0.0890. The molecule has 1 fully saturated rings. The van der Waals surface area contributed by atoms with E-state index in [1.54, 1.807) is 11.0 Å².